The van der Waals surface area contributed by atoms with Crippen molar-refractivity contribution in [3.05, 3.63) is 48.0 Å². The van der Waals surface area contributed by atoms with Gasteiger partial charge in [0.15, 0.2) is 0 Å². The average Bonchev–Trinajstić information content (AvgIpc) is 2.27. The first-order valence-electron chi connectivity index (χ1n) is 5.11. The number of allylic oxidation sites excluding steroid dienone is 6. The van der Waals surface area contributed by atoms with Crippen molar-refractivity contribution in [1.29, 1.82) is 0 Å². The monoisotopic (exact) mass is 223 g/mol. The second-order valence-corrected chi connectivity index (χ2v) is 3.37. The number of carbonyl (C=O) groups is 1. The molecule has 0 radical (unpaired) electrons. The minimum absolute atomic E-state index is 0.0861. The number of ketones is 1. The van der Waals surface area contributed by atoms with E-state index in [1.54, 1.807) is 13.0 Å². The molecular formula is C13H18FNO. The number of hydrogen-bond acceptors (Lipinski definition) is 2. The fourth-order valence-electron chi connectivity index (χ4n) is 1.20. The molecule has 0 heterocycles. The number of halogens is 1. The van der Waals surface area contributed by atoms with Crippen LogP contribution in [0.2, 0.25) is 0 Å². The molecule has 0 unspecified atom stereocenters. The van der Waals surface area contributed by atoms with Crippen LogP contribution in [0.3, 0.4) is 0 Å². The second-order valence-electron chi connectivity index (χ2n) is 3.37. The summed E-state index contributed by atoms with van der Waals surface area (Å²) in [7, 11) is 0. The Morgan fingerprint density at radius 2 is 2.06 bits per heavy atom. The van der Waals surface area contributed by atoms with Gasteiger partial charge in [-0.1, -0.05) is 12.7 Å². The zero-order chi connectivity index (χ0) is 12.6. The Hall–Kier alpha value is -1.64. The molecule has 2 nitrogen and oxygen atoms in total. The number of carbonyl (C=O) groups excluding carboxylic acids is 1. The Kier molecular flexibility index (Phi) is 6.84. The Balaban J connectivity index is 4.80. The lowest BCUT2D eigenvalue weighted by molar-refractivity contribution is -0.116. The molecule has 16 heavy (non-hydrogen) atoms. The van der Waals surface area contributed by atoms with Crippen molar-refractivity contribution in [3.8, 4) is 0 Å². The van der Waals surface area contributed by atoms with Crippen LogP contribution in [-0.2, 0) is 4.79 Å². The Labute approximate surface area is 96.0 Å². The first-order valence-corrected chi connectivity index (χ1v) is 5.11. The highest BCUT2D eigenvalue weighted by molar-refractivity contribution is 5.75. The van der Waals surface area contributed by atoms with Crippen LogP contribution in [-0.4, -0.2) is 5.78 Å². The average molecular weight is 223 g/mol. The van der Waals surface area contributed by atoms with Crippen molar-refractivity contribution in [2.45, 2.75) is 26.7 Å². The fourth-order valence-corrected chi connectivity index (χ4v) is 1.20. The lowest BCUT2D eigenvalue weighted by Crippen LogP contribution is -1.97. The third-order valence-corrected chi connectivity index (χ3v) is 2.12. The summed E-state index contributed by atoms with van der Waals surface area (Å²) in [6.45, 7) is 6.64. The normalized spacial score (nSPS) is 13.8. The van der Waals surface area contributed by atoms with Crippen LogP contribution in [0.4, 0.5) is 4.39 Å². The summed E-state index contributed by atoms with van der Waals surface area (Å²) in [5.74, 6) is -0.335. The summed E-state index contributed by atoms with van der Waals surface area (Å²) in [6.07, 6.45) is 6.57. The van der Waals surface area contributed by atoms with Crippen LogP contribution in [0.1, 0.15) is 26.7 Å². The molecule has 0 saturated carbocycles. The maximum absolute atomic E-state index is 13.0. The molecule has 0 aromatic rings. The minimum Gasteiger partial charge on any atom is -0.404 e. The van der Waals surface area contributed by atoms with Gasteiger partial charge in [0.25, 0.3) is 0 Å². The predicted octanol–water partition coefficient (Wildman–Crippen LogP) is 3.18. The fraction of sp³-hybridized carbons (Fsp3) is 0.308. The van der Waals surface area contributed by atoms with Crippen LogP contribution in [0.15, 0.2) is 48.0 Å². The molecule has 0 aromatic carbocycles. The van der Waals surface area contributed by atoms with Crippen LogP contribution in [0.25, 0.3) is 0 Å². The van der Waals surface area contributed by atoms with Crippen molar-refractivity contribution in [2.75, 3.05) is 0 Å². The molecule has 88 valence electrons. The molecule has 0 aliphatic rings. The Morgan fingerprint density at radius 1 is 1.44 bits per heavy atom. The van der Waals surface area contributed by atoms with Gasteiger partial charge in [-0.25, -0.2) is 4.39 Å². The van der Waals surface area contributed by atoms with E-state index in [2.05, 4.69) is 6.58 Å². The molecule has 0 atom stereocenters. The van der Waals surface area contributed by atoms with E-state index in [0.717, 1.165) is 11.6 Å². The molecule has 0 aromatic heterocycles. The highest BCUT2D eigenvalue weighted by Crippen LogP contribution is 2.19. The topological polar surface area (TPSA) is 43.1 Å². The number of nitrogens with two attached hydrogens (primary N) is 1. The predicted molar refractivity (Wildman–Crippen MR) is 65.3 cm³/mol. The lowest BCUT2D eigenvalue weighted by Gasteiger charge is -2.06. The van der Waals surface area contributed by atoms with Gasteiger partial charge < -0.3 is 10.5 Å². The first-order chi connectivity index (χ1) is 7.54. The number of hydrogen-bond donors (Lipinski definition) is 1. The van der Waals surface area contributed by atoms with Gasteiger partial charge in [0, 0.05) is 6.42 Å². The largest absolute Gasteiger partial charge is 0.404 e. The van der Waals surface area contributed by atoms with E-state index >= 15 is 0 Å². The van der Waals surface area contributed by atoms with Crippen LogP contribution < -0.4 is 5.73 Å². The van der Waals surface area contributed by atoms with Crippen LogP contribution >= 0.6 is 0 Å². The molecule has 0 spiro atoms. The van der Waals surface area contributed by atoms with E-state index < -0.39 is 5.83 Å². The van der Waals surface area contributed by atoms with Gasteiger partial charge in [-0.15, -0.1) is 0 Å². The van der Waals surface area contributed by atoms with Crippen LogP contribution in [0, 0.1) is 0 Å². The van der Waals surface area contributed by atoms with Crippen molar-refractivity contribution >= 4 is 5.78 Å². The van der Waals surface area contributed by atoms with Gasteiger partial charge in [0.2, 0.25) is 0 Å². The number of rotatable bonds is 6. The lowest BCUT2D eigenvalue weighted by atomic mass is 10.00. The van der Waals surface area contributed by atoms with E-state index in [-0.39, 0.29) is 5.78 Å². The zero-order valence-electron chi connectivity index (χ0n) is 9.79. The summed E-state index contributed by atoms with van der Waals surface area (Å²) in [5.41, 5.74) is 6.90. The van der Waals surface area contributed by atoms with E-state index in [0.29, 0.717) is 18.4 Å². The first kappa shape index (κ1) is 14.4. The van der Waals surface area contributed by atoms with Crippen molar-refractivity contribution in [2.24, 2.45) is 5.73 Å². The highest BCUT2D eigenvalue weighted by Gasteiger charge is 2.04. The standard InChI is InChI=1S/C13H18FNO/c1-4-11(8-13(14)5-2)12(9-15)7-6-10(3)16/h4-5,8-9H,2,6-7,15H2,1,3H3/b11-4+,12-9-,13-8+. The van der Waals surface area contributed by atoms with E-state index in [1.807, 2.05) is 0 Å². The van der Waals surface area contributed by atoms with Crippen molar-refractivity contribution in [1.82, 2.24) is 0 Å². The summed E-state index contributed by atoms with van der Waals surface area (Å²) < 4.78 is 13.0. The van der Waals surface area contributed by atoms with Gasteiger partial charge >= 0.3 is 0 Å². The molecule has 3 heteroatoms. The molecule has 0 bridgehead atoms. The molecule has 0 fully saturated rings. The van der Waals surface area contributed by atoms with E-state index in [9.17, 15) is 9.18 Å². The molecule has 2 N–H and O–H groups in total. The van der Waals surface area contributed by atoms with Gasteiger partial charge in [-0.3, -0.25) is 0 Å². The van der Waals surface area contributed by atoms with E-state index in [1.165, 1.54) is 19.2 Å². The van der Waals surface area contributed by atoms with Gasteiger partial charge in [0.1, 0.15) is 11.6 Å². The van der Waals surface area contributed by atoms with Gasteiger partial charge in [-0.05, 0) is 49.8 Å². The Morgan fingerprint density at radius 3 is 2.44 bits per heavy atom. The summed E-state index contributed by atoms with van der Waals surface area (Å²) >= 11 is 0. The summed E-state index contributed by atoms with van der Waals surface area (Å²) in [4.78, 5) is 10.9. The smallest absolute Gasteiger partial charge is 0.130 e. The third-order valence-electron chi connectivity index (χ3n) is 2.12. The third kappa shape index (κ3) is 5.29. The number of Topliss-reactive ketones (excluding diaryl/α,β-unsaturated/α-hetero) is 1. The minimum atomic E-state index is -0.421. The molecule has 0 saturated heterocycles. The molecule has 0 aliphatic heterocycles. The van der Waals surface area contributed by atoms with Gasteiger partial charge in [-0.2, -0.15) is 0 Å². The van der Waals surface area contributed by atoms with Crippen LogP contribution in [0.5, 0.6) is 0 Å². The Bertz CT molecular complexity index is 351. The van der Waals surface area contributed by atoms with Gasteiger partial charge in [0.05, 0.1) is 0 Å². The quantitative estimate of drug-likeness (QED) is 0.703. The zero-order valence-corrected chi connectivity index (χ0v) is 9.79. The SMILES string of the molecule is C=C\C(F)=C/C(=C\C)C(=C\N)/CCC(C)=O. The van der Waals surface area contributed by atoms with Crippen molar-refractivity contribution in [3.63, 3.8) is 0 Å². The summed E-state index contributed by atoms with van der Waals surface area (Å²) in [5, 5.41) is 0. The van der Waals surface area contributed by atoms with Crippen molar-refractivity contribution < 1.29 is 9.18 Å². The van der Waals surface area contributed by atoms with E-state index in [4.69, 9.17) is 5.73 Å². The highest BCUT2D eigenvalue weighted by atomic mass is 19.1. The molecule has 0 aliphatic carbocycles. The maximum Gasteiger partial charge on any atom is 0.130 e. The molecule has 0 rings (SSSR count). The molecular weight excluding hydrogens is 205 g/mol. The summed E-state index contributed by atoms with van der Waals surface area (Å²) in [6, 6.07) is 0. The second kappa shape index (κ2) is 7.63. The molecule has 0 amide bonds. The maximum atomic E-state index is 13.0.